The molecule has 122 valence electrons. The Hall–Kier alpha value is -3.15. The number of aryl methyl sites for hydroxylation is 1. The third kappa shape index (κ3) is 2.99. The van der Waals surface area contributed by atoms with Crippen molar-refractivity contribution in [1.29, 1.82) is 0 Å². The number of hydrogen-bond donors (Lipinski definition) is 0. The van der Waals surface area contributed by atoms with E-state index in [0.717, 1.165) is 0 Å². The van der Waals surface area contributed by atoms with Crippen molar-refractivity contribution in [3.8, 4) is 17.2 Å². The van der Waals surface area contributed by atoms with Crippen LogP contribution in [0.3, 0.4) is 0 Å². The summed E-state index contributed by atoms with van der Waals surface area (Å²) in [5.41, 5.74) is 0.469. The molecule has 0 saturated heterocycles. The number of benzene rings is 2. The first kappa shape index (κ1) is 15.7. The van der Waals surface area contributed by atoms with Crippen LogP contribution < -0.4 is 14.9 Å². The molecule has 0 fully saturated rings. The van der Waals surface area contributed by atoms with Gasteiger partial charge in [-0.25, -0.2) is 4.39 Å². The molecule has 0 atom stereocenters. The molecule has 0 aliphatic heterocycles. The fourth-order valence-electron chi connectivity index (χ4n) is 2.27. The summed E-state index contributed by atoms with van der Waals surface area (Å²) in [7, 11) is 0. The Labute approximate surface area is 136 Å². The van der Waals surface area contributed by atoms with Crippen LogP contribution in [0.1, 0.15) is 12.5 Å². The van der Waals surface area contributed by atoms with Gasteiger partial charge in [-0.3, -0.25) is 9.59 Å². The second-order valence-electron chi connectivity index (χ2n) is 5.14. The van der Waals surface area contributed by atoms with E-state index in [1.165, 1.54) is 49.6 Å². The van der Waals surface area contributed by atoms with Crippen LogP contribution in [0.4, 0.5) is 4.39 Å². The number of ether oxygens (including phenoxy) is 2. The maximum atomic E-state index is 12.9. The van der Waals surface area contributed by atoms with Crippen LogP contribution in [0.15, 0.2) is 51.9 Å². The zero-order chi connectivity index (χ0) is 17.3. The molecule has 0 radical (unpaired) electrons. The molecule has 1 heterocycles. The van der Waals surface area contributed by atoms with E-state index in [4.69, 9.17) is 13.9 Å². The molecule has 2 aromatic carbocycles. The summed E-state index contributed by atoms with van der Waals surface area (Å²) >= 11 is 0. The van der Waals surface area contributed by atoms with Crippen LogP contribution in [0, 0.1) is 12.7 Å². The van der Waals surface area contributed by atoms with Gasteiger partial charge in [0.25, 0.3) is 0 Å². The van der Waals surface area contributed by atoms with Crippen molar-refractivity contribution < 1.29 is 23.1 Å². The van der Waals surface area contributed by atoms with Gasteiger partial charge in [-0.1, -0.05) is 0 Å². The fourth-order valence-corrected chi connectivity index (χ4v) is 2.27. The van der Waals surface area contributed by atoms with E-state index in [1.807, 2.05) is 0 Å². The molecule has 1 aromatic heterocycles. The molecule has 0 N–H and O–H groups in total. The highest BCUT2D eigenvalue weighted by atomic mass is 19.1. The lowest BCUT2D eigenvalue weighted by atomic mass is 10.1. The molecular formula is C18H13FO5. The zero-order valence-electron chi connectivity index (χ0n) is 13.0. The average molecular weight is 328 g/mol. The summed E-state index contributed by atoms with van der Waals surface area (Å²) in [4.78, 5) is 23.6. The van der Waals surface area contributed by atoms with E-state index in [0.29, 0.717) is 28.0 Å². The summed E-state index contributed by atoms with van der Waals surface area (Å²) in [6.45, 7) is 2.98. The Bertz CT molecular complexity index is 973. The number of rotatable bonds is 3. The van der Waals surface area contributed by atoms with E-state index >= 15 is 0 Å². The first-order chi connectivity index (χ1) is 11.5. The molecule has 24 heavy (non-hydrogen) atoms. The lowest BCUT2D eigenvalue weighted by molar-refractivity contribution is -0.131. The van der Waals surface area contributed by atoms with Crippen LogP contribution in [0.5, 0.6) is 17.2 Å². The monoisotopic (exact) mass is 328 g/mol. The molecular weight excluding hydrogens is 315 g/mol. The van der Waals surface area contributed by atoms with Gasteiger partial charge in [0.15, 0.2) is 0 Å². The summed E-state index contributed by atoms with van der Waals surface area (Å²) in [5.74, 6) is -0.243. The summed E-state index contributed by atoms with van der Waals surface area (Å²) in [6.07, 6.45) is 1.18. The molecule has 0 spiro atoms. The van der Waals surface area contributed by atoms with Crippen molar-refractivity contribution in [2.24, 2.45) is 0 Å². The van der Waals surface area contributed by atoms with Gasteiger partial charge in [0, 0.05) is 12.5 Å². The Morgan fingerprint density at radius 1 is 1.08 bits per heavy atom. The van der Waals surface area contributed by atoms with Gasteiger partial charge in [0.1, 0.15) is 29.2 Å². The van der Waals surface area contributed by atoms with Crippen molar-refractivity contribution in [2.75, 3.05) is 0 Å². The molecule has 0 amide bonds. The van der Waals surface area contributed by atoms with Crippen molar-refractivity contribution in [3.05, 3.63) is 64.3 Å². The first-order valence-electron chi connectivity index (χ1n) is 7.12. The molecule has 0 unspecified atom stereocenters. The van der Waals surface area contributed by atoms with E-state index in [9.17, 15) is 14.0 Å². The van der Waals surface area contributed by atoms with Gasteiger partial charge in [-0.05, 0) is 43.3 Å². The van der Waals surface area contributed by atoms with Crippen LogP contribution >= 0.6 is 0 Å². The average Bonchev–Trinajstić information content (AvgIpc) is 2.54. The standard InChI is InChI=1S/C18H13FO5/c1-10-15(23-11(2)20)8-7-14-17(21)16(9-22-18(10)14)24-13-5-3-12(19)4-6-13/h3-9H,1-2H3. The highest BCUT2D eigenvalue weighted by Gasteiger charge is 2.14. The van der Waals surface area contributed by atoms with Gasteiger partial charge in [-0.15, -0.1) is 0 Å². The van der Waals surface area contributed by atoms with Gasteiger partial charge in [-0.2, -0.15) is 0 Å². The minimum absolute atomic E-state index is 0.0197. The number of carbonyl (C=O) groups is 1. The second-order valence-corrected chi connectivity index (χ2v) is 5.14. The Kier molecular flexibility index (Phi) is 4.04. The summed E-state index contributed by atoms with van der Waals surface area (Å²) in [6, 6.07) is 8.31. The number of carbonyl (C=O) groups excluding carboxylic acids is 1. The van der Waals surface area contributed by atoms with Gasteiger partial charge in [0.05, 0.1) is 5.39 Å². The lowest BCUT2D eigenvalue weighted by Crippen LogP contribution is -2.07. The molecule has 6 heteroatoms. The minimum Gasteiger partial charge on any atom is -0.460 e. The van der Waals surface area contributed by atoms with Crippen molar-refractivity contribution in [2.45, 2.75) is 13.8 Å². The van der Waals surface area contributed by atoms with E-state index < -0.39 is 11.8 Å². The largest absolute Gasteiger partial charge is 0.460 e. The normalized spacial score (nSPS) is 10.6. The van der Waals surface area contributed by atoms with E-state index in [1.54, 1.807) is 6.92 Å². The molecule has 0 aliphatic rings. The Balaban J connectivity index is 2.03. The third-order valence-corrected chi connectivity index (χ3v) is 3.40. The number of hydrogen-bond acceptors (Lipinski definition) is 5. The van der Waals surface area contributed by atoms with E-state index in [-0.39, 0.29) is 11.2 Å². The molecule has 0 saturated carbocycles. The van der Waals surface area contributed by atoms with Crippen LogP contribution in [0.25, 0.3) is 11.0 Å². The summed E-state index contributed by atoms with van der Waals surface area (Å²) < 4.78 is 28.9. The van der Waals surface area contributed by atoms with Crippen molar-refractivity contribution >= 4 is 16.9 Å². The smallest absolute Gasteiger partial charge is 0.308 e. The maximum Gasteiger partial charge on any atom is 0.308 e. The van der Waals surface area contributed by atoms with Crippen LogP contribution in [0.2, 0.25) is 0 Å². The molecule has 0 bridgehead atoms. The first-order valence-corrected chi connectivity index (χ1v) is 7.12. The quantitative estimate of drug-likeness (QED) is 0.538. The lowest BCUT2D eigenvalue weighted by Gasteiger charge is -2.09. The summed E-state index contributed by atoms with van der Waals surface area (Å²) in [5, 5.41) is 0.294. The Morgan fingerprint density at radius 3 is 2.46 bits per heavy atom. The highest BCUT2D eigenvalue weighted by Crippen LogP contribution is 2.28. The molecule has 3 rings (SSSR count). The van der Waals surface area contributed by atoms with Crippen LogP contribution in [-0.4, -0.2) is 5.97 Å². The van der Waals surface area contributed by atoms with Crippen molar-refractivity contribution in [3.63, 3.8) is 0 Å². The topological polar surface area (TPSA) is 65.7 Å². The number of halogens is 1. The van der Waals surface area contributed by atoms with Gasteiger partial charge >= 0.3 is 5.97 Å². The minimum atomic E-state index is -0.462. The highest BCUT2D eigenvalue weighted by molar-refractivity contribution is 5.84. The van der Waals surface area contributed by atoms with E-state index in [2.05, 4.69) is 0 Å². The predicted octanol–water partition coefficient (Wildman–Crippen LogP) is 3.96. The molecule has 3 aromatic rings. The second kappa shape index (κ2) is 6.16. The number of esters is 1. The molecule has 5 nitrogen and oxygen atoms in total. The SMILES string of the molecule is CC(=O)Oc1ccc2c(=O)c(Oc3ccc(F)cc3)coc2c1C. The zero-order valence-corrected chi connectivity index (χ0v) is 13.0. The third-order valence-electron chi connectivity index (χ3n) is 3.40. The van der Waals surface area contributed by atoms with Gasteiger partial charge in [0.2, 0.25) is 11.2 Å². The molecule has 0 aliphatic carbocycles. The number of fused-ring (bicyclic) bond motifs is 1. The predicted molar refractivity (Wildman–Crippen MR) is 85.0 cm³/mol. The maximum absolute atomic E-state index is 12.9. The fraction of sp³-hybridized carbons (Fsp3) is 0.111. The van der Waals surface area contributed by atoms with Gasteiger partial charge < -0.3 is 13.9 Å². The van der Waals surface area contributed by atoms with Crippen LogP contribution in [-0.2, 0) is 4.79 Å². The van der Waals surface area contributed by atoms with Crippen molar-refractivity contribution in [1.82, 2.24) is 0 Å². The Morgan fingerprint density at radius 2 is 1.79 bits per heavy atom.